The topological polar surface area (TPSA) is 61.1 Å². The van der Waals surface area contributed by atoms with Gasteiger partial charge in [0.25, 0.3) is 0 Å². The predicted octanol–water partition coefficient (Wildman–Crippen LogP) is 3.01. The molecule has 98 valence electrons. The number of nitrogens with two attached hydrogens (primary N) is 1. The molecule has 0 radical (unpaired) electrons. The van der Waals surface area contributed by atoms with Crippen LogP contribution in [0.5, 0.6) is 0 Å². The Kier molecular flexibility index (Phi) is 2.71. The highest BCUT2D eigenvalue weighted by molar-refractivity contribution is 6.33. The first-order valence-electron chi connectivity index (χ1n) is 6.04. The lowest BCUT2D eigenvalue weighted by molar-refractivity contribution is 0.532. The molecule has 0 aromatic carbocycles. The fourth-order valence-corrected chi connectivity index (χ4v) is 2.21. The van der Waals surface area contributed by atoms with E-state index in [0.29, 0.717) is 28.2 Å². The molecule has 2 N–H and O–H groups in total. The number of fused-ring (bicyclic) bond motifs is 1. The zero-order valence-electron chi connectivity index (χ0n) is 10.7. The second-order valence-corrected chi connectivity index (χ2v) is 5.11. The van der Waals surface area contributed by atoms with Gasteiger partial charge in [-0.3, -0.25) is 9.08 Å². The van der Waals surface area contributed by atoms with Crippen molar-refractivity contribution in [3.05, 3.63) is 35.7 Å². The summed E-state index contributed by atoms with van der Waals surface area (Å²) in [5.41, 5.74) is 8.39. The molecule has 3 rings (SSSR count). The minimum atomic E-state index is 0.301. The number of hydrogen-bond donors (Lipinski definition) is 1. The first-order chi connectivity index (χ1) is 9.08. The molecule has 0 fully saturated rings. The summed E-state index contributed by atoms with van der Waals surface area (Å²) < 4.78 is 3.66. The van der Waals surface area contributed by atoms with E-state index >= 15 is 0 Å². The molecule has 0 saturated heterocycles. The SMILES string of the molecule is CC(C)n1cc(-c2nc3c(Cl)cccn3c2N)cn1. The minimum Gasteiger partial charge on any atom is -0.383 e. The van der Waals surface area contributed by atoms with E-state index in [0.717, 1.165) is 5.56 Å². The summed E-state index contributed by atoms with van der Waals surface area (Å²) in [5, 5.41) is 4.88. The Hall–Kier alpha value is -2.01. The number of halogens is 1. The van der Waals surface area contributed by atoms with Crippen molar-refractivity contribution >= 4 is 23.1 Å². The molecule has 0 aliphatic heterocycles. The van der Waals surface area contributed by atoms with E-state index in [4.69, 9.17) is 17.3 Å². The quantitative estimate of drug-likeness (QED) is 0.782. The zero-order chi connectivity index (χ0) is 13.6. The molecule has 3 aromatic heterocycles. The number of nitrogen functional groups attached to an aromatic ring is 1. The summed E-state index contributed by atoms with van der Waals surface area (Å²) in [5.74, 6) is 0.570. The molecule has 0 amide bonds. The van der Waals surface area contributed by atoms with Crippen molar-refractivity contribution in [3.8, 4) is 11.3 Å². The van der Waals surface area contributed by atoms with Crippen molar-refractivity contribution in [2.75, 3.05) is 5.73 Å². The van der Waals surface area contributed by atoms with E-state index < -0.39 is 0 Å². The van der Waals surface area contributed by atoms with E-state index in [-0.39, 0.29) is 0 Å². The lowest BCUT2D eigenvalue weighted by Gasteiger charge is -2.02. The fourth-order valence-electron chi connectivity index (χ4n) is 2.01. The molecule has 0 saturated carbocycles. The largest absolute Gasteiger partial charge is 0.383 e. The maximum atomic E-state index is 6.13. The maximum Gasteiger partial charge on any atom is 0.157 e. The highest BCUT2D eigenvalue weighted by Gasteiger charge is 2.15. The summed E-state index contributed by atoms with van der Waals surface area (Å²) in [6, 6.07) is 3.94. The van der Waals surface area contributed by atoms with Crippen molar-refractivity contribution in [3.63, 3.8) is 0 Å². The Morgan fingerprint density at radius 3 is 2.79 bits per heavy atom. The molecule has 6 heteroatoms. The molecule has 0 aliphatic carbocycles. The molecule has 3 aromatic rings. The van der Waals surface area contributed by atoms with Gasteiger partial charge < -0.3 is 5.73 Å². The predicted molar refractivity (Wildman–Crippen MR) is 76.2 cm³/mol. The summed E-state index contributed by atoms with van der Waals surface area (Å²) >= 11 is 6.13. The Labute approximate surface area is 115 Å². The maximum absolute atomic E-state index is 6.13. The van der Waals surface area contributed by atoms with Gasteiger partial charge in [-0.2, -0.15) is 5.10 Å². The van der Waals surface area contributed by atoms with Crippen LogP contribution in [0.4, 0.5) is 5.82 Å². The van der Waals surface area contributed by atoms with Crippen LogP contribution >= 0.6 is 11.6 Å². The smallest absolute Gasteiger partial charge is 0.157 e. The van der Waals surface area contributed by atoms with Gasteiger partial charge in [0.05, 0.1) is 11.2 Å². The van der Waals surface area contributed by atoms with Crippen molar-refractivity contribution in [1.29, 1.82) is 0 Å². The van der Waals surface area contributed by atoms with Crippen molar-refractivity contribution < 1.29 is 0 Å². The van der Waals surface area contributed by atoms with Gasteiger partial charge in [-0.05, 0) is 26.0 Å². The van der Waals surface area contributed by atoms with Crippen LogP contribution in [-0.4, -0.2) is 19.2 Å². The Morgan fingerprint density at radius 1 is 1.37 bits per heavy atom. The number of anilines is 1. The second-order valence-electron chi connectivity index (χ2n) is 4.70. The highest BCUT2D eigenvalue weighted by atomic mass is 35.5. The van der Waals surface area contributed by atoms with E-state index in [9.17, 15) is 0 Å². The zero-order valence-corrected chi connectivity index (χ0v) is 11.5. The third kappa shape index (κ3) is 1.86. The summed E-state index contributed by atoms with van der Waals surface area (Å²) in [6.45, 7) is 4.14. The highest BCUT2D eigenvalue weighted by Crippen LogP contribution is 2.29. The van der Waals surface area contributed by atoms with Gasteiger partial charge in [-0.15, -0.1) is 0 Å². The van der Waals surface area contributed by atoms with Crippen LogP contribution in [0.15, 0.2) is 30.7 Å². The average molecular weight is 276 g/mol. The van der Waals surface area contributed by atoms with Gasteiger partial charge in [-0.1, -0.05) is 11.6 Å². The first kappa shape index (κ1) is 12.0. The lowest BCUT2D eigenvalue weighted by atomic mass is 10.2. The average Bonchev–Trinajstić information content (AvgIpc) is 2.96. The molecular weight excluding hydrogens is 262 g/mol. The van der Waals surface area contributed by atoms with Crippen LogP contribution in [0, 0.1) is 0 Å². The van der Waals surface area contributed by atoms with Gasteiger partial charge in [0, 0.05) is 24.0 Å². The molecule has 0 spiro atoms. The minimum absolute atomic E-state index is 0.301. The molecule has 0 aliphatic rings. The third-order valence-electron chi connectivity index (χ3n) is 3.04. The summed E-state index contributed by atoms with van der Waals surface area (Å²) in [7, 11) is 0. The van der Waals surface area contributed by atoms with Crippen LogP contribution in [0.25, 0.3) is 16.9 Å². The van der Waals surface area contributed by atoms with Crippen LogP contribution in [0.3, 0.4) is 0 Å². The van der Waals surface area contributed by atoms with Gasteiger partial charge >= 0.3 is 0 Å². The Balaban J connectivity index is 2.19. The van der Waals surface area contributed by atoms with E-state index in [2.05, 4.69) is 23.9 Å². The Bertz CT molecular complexity index is 741. The lowest BCUT2D eigenvalue weighted by Crippen LogP contribution is -1.99. The molecule has 0 bridgehead atoms. The number of nitrogens with zero attached hydrogens (tertiary/aromatic N) is 4. The molecule has 0 atom stereocenters. The number of aromatic nitrogens is 4. The second kappa shape index (κ2) is 4.28. The summed E-state index contributed by atoms with van der Waals surface area (Å²) in [4.78, 5) is 4.51. The van der Waals surface area contributed by atoms with Crippen molar-refractivity contribution in [2.24, 2.45) is 0 Å². The fraction of sp³-hybridized carbons (Fsp3) is 0.231. The van der Waals surface area contributed by atoms with E-state index in [1.165, 1.54) is 0 Å². The van der Waals surface area contributed by atoms with Crippen LogP contribution in [0.1, 0.15) is 19.9 Å². The van der Waals surface area contributed by atoms with Gasteiger partial charge in [-0.25, -0.2) is 4.98 Å². The van der Waals surface area contributed by atoms with Gasteiger partial charge in [0.2, 0.25) is 0 Å². The van der Waals surface area contributed by atoms with Gasteiger partial charge in [0.15, 0.2) is 5.65 Å². The molecule has 3 heterocycles. The number of rotatable bonds is 2. The molecule has 0 unspecified atom stereocenters. The molecular formula is C13H14ClN5. The normalized spacial score (nSPS) is 11.6. The van der Waals surface area contributed by atoms with E-state index in [1.54, 1.807) is 16.7 Å². The van der Waals surface area contributed by atoms with E-state index in [1.807, 2.05) is 23.1 Å². The number of pyridine rings is 1. The standard InChI is InChI=1S/C13H14ClN5/c1-8(2)19-7-9(6-16-19)11-12(15)18-5-3-4-10(14)13(18)17-11/h3-8H,15H2,1-2H3. The first-order valence-corrected chi connectivity index (χ1v) is 6.42. The molecule has 19 heavy (non-hydrogen) atoms. The van der Waals surface area contributed by atoms with Crippen LogP contribution < -0.4 is 5.73 Å². The Morgan fingerprint density at radius 2 is 2.16 bits per heavy atom. The number of imidazole rings is 1. The third-order valence-corrected chi connectivity index (χ3v) is 3.34. The van der Waals surface area contributed by atoms with Crippen molar-refractivity contribution in [1.82, 2.24) is 19.2 Å². The van der Waals surface area contributed by atoms with Gasteiger partial charge in [0.1, 0.15) is 11.5 Å². The summed E-state index contributed by atoms with van der Waals surface area (Å²) in [6.07, 6.45) is 5.56. The molecule has 5 nitrogen and oxygen atoms in total. The monoisotopic (exact) mass is 275 g/mol. The van der Waals surface area contributed by atoms with Crippen LogP contribution in [-0.2, 0) is 0 Å². The van der Waals surface area contributed by atoms with Crippen LogP contribution in [0.2, 0.25) is 5.02 Å². The number of hydrogen-bond acceptors (Lipinski definition) is 3. The van der Waals surface area contributed by atoms with Crippen molar-refractivity contribution in [2.45, 2.75) is 19.9 Å².